The van der Waals surface area contributed by atoms with Crippen molar-refractivity contribution in [3.63, 3.8) is 0 Å². The van der Waals surface area contributed by atoms with Gasteiger partial charge in [0.2, 0.25) is 0 Å². The quantitative estimate of drug-likeness (QED) is 0.583. The van der Waals surface area contributed by atoms with Gasteiger partial charge in [-0.05, 0) is 32.2 Å². The minimum absolute atomic E-state index is 0.177. The lowest BCUT2D eigenvalue weighted by molar-refractivity contribution is 0.0944. The summed E-state index contributed by atoms with van der Waals surface area (Å²) < 4.78 is 1.99. The Balaban J connectivity index is 1.84. The third-order valence-corrected chi connectivity index (χ3v) is 4.56. The lowest BCUT2D eigenvalue weighted by Gasteiger charge is -2.11. The summed E-state index contributed by atoms with van der Waals surface area (Å²) >= 11 is 1.45. The molecular formula is C17H19N5OS. The zero-order chi connectivity index (χ0) is 17.3. The van der Waals surface area contributed by atoms with E-state index in [1.54, 1.807) is 0 Å². The van der Waals surface area contributed by atoms with Gasteiger partial charge in [-0.15, -0.1) is 11.8 Å². The van der Waals surface area contributed by atoms with Gasteiger partial charge in [0.25, 0.3) is 5.91 Å². The Kier molecular flexibility index (Phi) is 4.53. The molecule has 0 radical (unpaired) electrons. The molecule has 0 atom stereocenters. The lowest BCUT2D eigenvalue weighted by atomic mass is 10.2. The van der Waals surface area contributed by atoms with Crippen molar-refractivity contribution in [2.45, 2.75) is 25.4 Å². The summed E-state index contributed by atoms with van der Waals surface area (Å²) in [4.78, 5) is 25.8. The van der Waals surface area contributed by atoms with Crippen molar-refractivity contribution < 1.29 is 4.79 Å². The summed E-state index contributed by atoms with van der Waals surface area (Å²) in [5.41, 5.74) is 3.19. The first kappa shape index (κ1) is 16.4. The molecule has 0 spiro atoms. The molecule has 0 aliphatic carbocycles. The minimum atomic E-state index is -0.177. The molecule has 24 heavy (non-hydrogen) atoms. The Morgan fingerprint density at radius 1 is 1.21 bits per heavy atom. The smallest absolute Gasteiger partial charge is 0.256 e. The van der Waals surface area contributed by atoms with Crippen molar-refractivity contribution in [2.75, 3.05) is 6.26 Å². The number of rotatable bonds is 4. The monoisotopic (exact) mass is 341 g/mol. The molecule has 7 heteroatoms. The van der Waals surface area contributed by atoms with E-state index in [1.807, 2.05) is 56.0 Å². The van der Waals surface area contributed by atoms with Crippen LogP contribution in [0.25, 0.3) is 11.0 Å². The van der Waals surface area contributed by atoms with Crippen LogP contribution in [0, 0.1) is 13.8 Å². The molecule has 3 aromatic rings. The van der Waals surface area contributed by atoms with Crippen molar-refractivity contribution in [2.24, 2.45) is 7.05 Å². The molecule has 0 aliphatic rings. The Morgan fingerprint density at radius 3 is 2.67 bits per heavy atom. The number of hydrogen-bond acceptors (Lipinski definition) is 5. The van der Waals surface area contributed by atoms with Gasteiger partial charge in [-0.2, -0.15) is 0 Å². The molecular weight excluding hydrogens is 322 g/mol. The molecule has 0 unspecified atom stereocenters. The summed E-state index contributed by atoms with van der Waals surface area (Å²) in [5, 5.41) is 3.63. The molecule has 2 heterocycles. The maximum atomic E-state index is 12.6. The van der Waals surface area contributed by atoms with Crippen LogP contribution in [-0.4, -0.2) is 31.7 Å². The number of nitrogens with zero attached hydrogens (tertiary/aromatic N) is 4. The number of amides is 1. The number of benzene rings is 1. The Labute approximate surface area is 144 Å². The number of para-hydroxylation sites is 2. The SMILES string of the molecule is CSc1nc(C)nc(C)c1C(=O)NCc1nc2ccccc2n1C. The van der Waals surface area contributed by atoms with Crippen LogP contribution >= 0.6 is 11.8 Å². The van der Waals surface area contributed by atoms with Crippen LogP contribution in [-0.2, 0) is 13.6 Å². The fourth-order valence-electron chi connectivity index (χ4n) is 2.69. The van der Waals surface area contributed by atoms with Gasteiger partial charge in [-0.1, -0.05) is 12.1 Å². The van der Waals surface area contributed by atoms with Gasteiger partial charge < -0.3 is 9.88 Å². The summed E-state index contributed by atoms with van der Waals surface area (Å²) in [6, 6.07) is 7.90. The normalized spacial score (nSPS) is 11.0. The molecule has 0 fully saturated rings. The number of imidazole rings is 1. The van der Waals surface area contributed by atoms with E-state index in [1.165, 1.54) is 11.8 Å². The molecule has 1 N–H and O–H groups in total. The van der Waals surface area contributed by atoms with Crippen LogP contribution in [0.2, 0.25) is 0 Å². The predicted molar refractivity (Wildman–Crippen MR) is 95.2 cm³/mol. The van der Waals surface area contributed by atoms with E-state index in [0.717, 1.165) is 16.9 Å². The van der Waals surface area contributed by atoms with Gasteiger partial charge in [0.15, 0.2) is 0 Å². The molecule has 3 rings (SSSR count). The third kappa shape index (κ3) is 2.99. The topological polar surface area (TPSA) is 72.7 Å². The molecule has 1 aromatic carbocycles. The van der Waals surface area contributed by atoms with Gasteiger partial charge in [0.1, 0.15) is 16.7 Å². The first-order valence-electron chi connectivity index (χ1n) is 7.59. The first-order valence-corrected chi connectivity index (χ1v) is 8.81. The van der Waals surface area contributed by atoms with Gasteiger partial charge >= 0.3 is 0 Å². The summed E-state index contributed by atoms with van der Waals surface area (Å²) in [5.74, 6) is 1.30. The summed E-state index contributed by atoms with van der Waals surface area (Å²) in [6.07, 6.45) is 1.91. The molecule has 124 valence electrons. The van der Waals surface area contributed by atoms with Crippen LogP contribution in [0.1, 0.15) is 27.7 Å². The van der Waals surface area contributed by atoms with Crippen molar-refractivity contribution in [3.05, 3.63) is 47.2 Å². The van der Waals surface area contributed by atoms with Crippen molar-refractivity contribution in [3.8, 4) is 0 Å². The minimum Gasteiger partial charge on any atom is -0.345 e. The fourth-order valence-corrected chi connectivity index (χ4v) is 3.36. The Hall–Kier alpha value is -2.41. The van der Waals surface area contributed by atoms with Crippen LogP contribution in [0.15, 0.2) is 29.3 Å². The molecule has 6 nitrogen and oxygen atoms in total. The molecule has 2 aromatic heterocycles. The second-order valence-corrected chi connectivity index (χ2v) is 6.29. The van der Waals surface area contributed by atoms with Crippen molar-refractivity contribution >= 4 is 28.7 Å². The van der Waals surface area contributed by atoms with E-state index in [2.05, 4.69) is 20.3 Å². The highest BCUT2D eigenvalue weighted by atomic mass is 32.2. The van der Waals surface area contributed by atoms with Gasteiger partial charge in [-0.25, -0.2) is 15.0 Å². The van der Waals surface area contributed by atoms with Crippen LogP contribution in [0.4, 0.5) is 0 Å². The number of aromatic nitrogens is 4. The van der Waals surface area contributed by atoms with Crippen LogP contribution in [0.3, 0.4) is 0 Å². The van der Waals surface area contributed by atoms with Crippen molar-refractivity contribution in [1.82, 2.24) is 24.8 Å². The maximum absolute atomic E-state index is 12.6. The molecule has 0 aliphatic heterocycles. The van der Waals surface area contributed by atoms with Gasteiger partial charge in [0.05, 0.1) is 28.8 Å². The highest BCUT2D eigenvalue weighted by Gasteiger charge is 2.18. The number of nitrogens with one attached hydrogen (secondary N) is 1. The van der Waals surface area contributed by atoms with Crippen LogP contribution < -0.4 is 5.32 Å². The van der Waals surface area contributed by atoms with E-state index >= 15 is 0 Å². The maximum Gasteiger partial charge on any atom is 0.256 e. The van der Waals surface area contributed by atoms with Gasteiger partial charge in [0, 0.05) is 7.05 Å². The predicted octanol–water partition coefficient (Wildman–Crippen LogP) is 2.63. The van der Waals surface area contributed by atoms with E-state index in [9.17, 15) is 4.79 Å². The Morgan fingerprint density at radius 2 is 1.96 bits per heavy atom. The zero-order valence-corrected chi connectivity index (χ0v) is 14.9. The number of fused-ring (bicyclic) bond motifs is 1. The molecule has 0 bridgehead atoms. The van der Waals surface area contributed by atoms with Gasteiger partial charge in [-0.3, -0.25) is 4.79 Å². The van der Waals surface area contributed by atoms with E-state index in [0.29, 0.717) is 28.7 Å². The third-order valence-electron chi connectivity index (χ3n) is 3.88. The Bertz CT molecular complexity index is 919. The number of hydrogen-bond donors (Lipinski definition) is 1. The highest BCUT2D eigenvalue weighted by Crippen LogP contribution is 2.20. The fraction of sp³-hybridized carbons (Fsp3) is 0.294. The lowest BCUT2D eigenvalue weighted by Crippen LogP contribution is -2.26. The second kappa shape index (κ2) is 6.60. The molecule has 0 saturated heterocycles. The van der Waals surface area contributed by atoms with E-state index < -0.39 is 0 Å². The van der Waals surface area contributed by atoms with E-state index in [4.69, 9.17) is 0 Å². The number of carbonyl (C=O) groups excluding carboxylic acids is 1. The highest BCUT2D eigenvalue weighted by molar-refractivity contribution is 7.98. The first-order chi connectivity index (χ1) is 11.5. The number of aryl methyl sites for hydroxylation is 3. The standard InChI is InChI=1S/C17H19N5OS/c1-10-15(17(24-4)20-11(2)19-10)16(23)18-9-14-21-12-7-5-6-8-13(12)22(14)3/h5-8H,9H2,1-4H3,(H,18,23). The number of thioether (sulfide) groups is 1. The number of carbonyl (C=O) groups is 1. The van der Waals surface area contributed by atoms with E-state index in [-0.39, 0.29) is 5.91 Å². The second-order valence-electron chi connectivity index (χ2n) is 5.50. The van der Waals surface area contributed by atoms with Crippen molar-refractivity contribution in [1.29, 1.82) is 0 Å². The molecule has 1 amide bonds. The average molecular weight is 341 g/mol. The summed E-state index contributed by atoms with van der Waals surface area (Å²) in [6.45, 7) is 4.01. The summed E-state index contributed by atoms with van der Waals surface area (Å²) in [7, 11) is 1.95. The molecule has 0 saturated carbocycles. The zero-order valence-electron chi connectivity index (χ0n) is 14.1. The largest absolute Gasteiger partial charge is 0.345 e. The van der Waals surface area contributed by atoms with Crippen LogP contribution in [0.5, 0.6) is 0 Å². The average Bonchev–Trinajstić information content (AvgIpc) is 2.88.